The lowest BCUT2D eigenvalue weighted by molar-refractivity contribution is -0.115. The first-order valence-corrected chi connectivity index (χ1v) is 6.65. The van der Waals surface area contributed by atoms with Crippen molar-refractivity contribution in [2.75, 3.05) is 7.11 Å². The molecule has 0 fully saturated rings. The van der Waals surface area contributed by atoms with Crippen molar-refractivity contribution in [1.82, 2.24) is 5.32 Å². The highest BCUT2D eigenvalue weighted by Crippen LogP contribution is 2.27. The van der Waals surface area contributed by atoms with Crippen LogP contribution in [0.5, 0.6) is 5.75 Å². The molecule has 0 aliphatic carbocycles. The minimum Gasteiger partial charge on any atom is -0.496 e. The van der Waals surface area contributed by atoms with Gasteiger partial charge in [-0.15, -0.1) is 0 Å². The van der Waals surface area contributed by atoms with Crippen LogP contribution in [0.2, 0.25) is 5.02 Å². The summed E-state index contributed by atoms with van der Waals surface area (Å²) in [6, 6.07) is 5.24. The summed E-state index contributed by atoms with van der Waals surface area (Å²) in [5, 5.41) is 3.36. The normalized spacial score (nSPS) is 17.1. The number of hydrogen-bond acceptors (Lipinski definition) is 3. The van der Waals surface area contributed by atoms with Crippen molar-refractivity contribution in [2.24, 2.45) is 10.4 Å². The summed E-state index contributed by atoms with van der Waals surface area (Å²) in [7, 11) is 1.57. The molecule has 1 N–H and O–H groups in total. The third-order valence-electron chi connectivity index (χ3n) is 2.89. The molecule has 4 nitrogen and oxygen atoms in total. The van der Waals surface area contributed by atoms with Crippen LogP contribution in [-0.2, 0) is 4.79 Å². The van der Waals surface area contributed by atoms with Gasteiger partial charge < -0.3 is 10.1 Å². The van der Waals surface area contributed by atoms with E-state index in [9.17, 15) is 4.79 Å². The molecule has 0 saturated heterocycles. The molecule has 20 heavy (non-hydrogen) atoms. The number of amides is 1. The molecule has 0 spiro atoms. The highest BCUT2D eigenvalue weighted by atomic mass is 35.5. The fraction of sp³-hybridized carbons (Fsp3) is 0.333. The van der Waals surface area contributed by atoms with E-state index in [4.69, 9.17) is 16.3 Å². The average molecular weight is 293 g/mol. The maximum absolute atomic E-state index is 12.0. The van der Waals surface area contributed by atoms with Crippen LogP contribution in [0.1, 0.15) is 26.3 Å². The summed E-state index contributed by atoms with van der Waals surface area (Å²) in [4.78, 5) is 16.3. The first kappa shape index (κ1) is 14.6. The number of nitrogens with one attached hydrogen (secondary N) is 1. The van der Waals surface area contributed by atoms with Crippen LogP contribution >= 0.6 is 11.6 Å². The van der Waals surface area contributed by atoms with E-state index >= 15 is 0 Å². The standard InChI is InChI=1S/C15H17ClN2O2/c1-15(2,3)14-17-11(13(19)18-14)8-9-7-10(16)5-6-12(9)20-4/h5-8H,1-4H3,(H,17,18,19)/b11-8+. The number of hydrogen-bond donors (Lipinski definition) is 1. The molecular weight excluding hydrogens is 276 g/mol. The monoisotopic (exact) mass is 292 g/mol. The van der Waals surface area contributed by atoms with Crippen molar-refractivity contribution in [1.29, 1.82) is 0 Å². The molecule has 1 aromatic rings. The van der Waals surface area contributed by atoms with E-state index in [0.717, 1.165) is 5.56 Å². The van der Waals surface area contributed by atoms with Crippen LogP contribution in [0.3, 0.4) is 0 Å². The Morgan fingerprint density at radius 1 is 1.35 bits per heavy atom. The largest absolute Gasteiger partial charge is 0.496 e. The van der Waals surface area contributed by atoms with Crippen LogP contribution in [-0.4, -0.2) is 18.9 Å². The lowest BCUT2D eigenvalue weighted by atomic mass is 9.95. The van der Waals surface area contributed by atoms with Crippen molar-refractivity contribution < 1.29 is 9.53 Å². The summed E-state index contributed by atoms with van der Waals surface area (Å²) in [5.41, 5.74) is 0.878. The first-order chi connectivity index (χ1) is 9.31. The highest BCUT2D eigenvalue weighted by molar-refractivity contribution is 6.30. The van der Waals surface area contributed by atoms with Gasteiger partial charge in [-0.25, -0.2) is 4.99 Å². The number of methoxy groups -OCH3 is 1. The fourth-order valence-electron chi connectivity index (χ4n) is 1.79. The molecule has 106 valence electrons. The van der Waals surface area contributed by atoms with Crippen LogP contribution in [0.15, 0.2) is 28.9 Å². The van der Waals surface area contributed by atoms with E-state index in [1.165, 1.54) is 0 Å². The van der Waals surface area contributed by atoms with Gasteiger partial charge in [-0.2, -0.15) is 0 Å². The second kappa shape index (κ2) is 5.29. The van der Waals surface area contributed by atoms with Gasteiger partial charge in [-0.05, 0) is 24.3 Å². The van der Waals surface area contributed by atoms with Gasteiger partial charge in [0.05, 0.1) is 7.11 Å². The van der Waals surface area contributed by atoms with Gasteiger partial charge in [0.25, 0.3) is 5.91 Å². The molecule has 2 rings (SSSR count). The third kappa shape index (κ3) is 3.02. The minimum atomic E-state index is -0.211. The predicted octanol–water partition coefficient (Wildman–Crippen LogP) is 3.26. The van der Waals surface area contributed by atoms with Gasteiger partial charge in [0.2, 0.25) is 0 Å². The van der Waals surface area contributed by atoms with E-state index in [1.807, 2.05) is 20.8 Å². The van der Waals surface area contributed by atoms with Crippen molar-refractivity contribution >= 4 is 29.4 Å². The molecule has 1 heterocycles. The lowest BCUT2D eigenvalue weighted by Crippen LogP contribution is -2.34. The Morgan fingerprint density at radius 3 is 2.60 bits per heavy atom. The molecule has 1 aliphatic rings. The number of carbonyl (C=O) groups excluding carboxylic acids is 1. The Balaban J connectivity index is 2.43. The number of amidine groups is 1. The van der Waals surface area contributed by atoms with Gasteiger partial charge >= 0.3 is 0 Å². The van der Waals surface area contributed by atoms with Crippen molar-refractivity contribution in [3.8, 4) is 5.75 Å². The molecule has 0 saturated carbocycles. The number of ether oxygens (including phenoxy) is 1. The summed E-state index contributed by atoms with van der Waals surface area (Å²) in [5.74, 6) is 1.10. The Bertz CT molecular complexity index is 613. The van der Waals surface area contributed by atoms with Crippen LogP contribution < -0.4 is 10.1 Å². The molecule has 1 aromatic carbocycles. The van der Waals surface area contributed by atoms with Gasteiger partial charge in [-0.1, -0.05) is 32.4 Å². The van der Waals surface area contributed by atoms with Gasteiger partial charge in [0.15, 0.2) is 0 Å². The molecule has 0 bridgehead atoms. The molecule has 0 unspecified atom stereocenters. The van der Waals surface area contributed by atoms with Crippen LogP contribution in [0.25, 0.3) is 6.08 Å². The van der Waals surface area contributed by atoms with Gasteiger partial charge in [0.1, 0.15) is 17.3 Å². The second-order valence-electron chi connectivity index (χ2n) is 5.58. The van der Waals surface area contributed by atoms with E-state index < -0.39 is 0 Å². The molecule has 1 amide bonds. The quantitative estimate of drug-likeness (QED) is 0.851. The van der Waals surface area contributed by atoms with Crippen molar-refractivity contribution in [3.05, 3.63) is 34.5 Å². The zero-order chi connectivity index (χ0) is 14.9. The summed E-state index contributed by atoms with van der Waals surface area (Å²) >= 11 is 5.98. The molecule has 0 aromatic heterocycles. The topological polar surface area (TPSA) is 50.7 Å². The maximum Gasteiger partial charge on any atom is 0.275 e. The molecule has 1 aliphatic heterocycles. The Hall–Kier alpha value is -1.81. The van der Waals surface area contributed by atoms with Gasteiger partial charge in [0, 0.05) is 16.0 Å². The van der Waals surface area contributed by atoms with Crippen molar-refractivity contribution in [2.45, 2.75) is 20.8 Å². The first-order valence-electron chi connectivity index (χ1n) is 6.27. The molecular formula is C15H17ClN2O2. The second-order valence-corrected chi connectivity index (χ2v) is 6.02. The van der Waals surface area contributed by atoms with E-state index in [-0.39, 0.29) is 11.3 Å². The van der Waals surface area contributed by atoms with E-state index in [2.05, 4.69) is 10.3 Å². The average Bonchev–Trinajstić information content (AvgIpc) is 2.71. The molecule has 0 radical (unpaired) electrons. The molecule has 0 atom stereocenters. The SMILES string of the molecule is COc1ccc(Cl)cc1/C=C1/N=C(C(C)(C)C)NC1=O. The fourth-order valence-corrected chi connectivity index (χ4v) is 1.97. The third-order valence-corrected chi connectivity index (χ3v) is 3.13. The zero-order valence-electron chi connectivity index (χ0n) is 12.0. The number of benzene rings is 1. The number of carbonyl (C=O) groups is 1. The van der Waals surface area contributed by atoms with Crippen LogP contribution in [0, 0.1) is 5.41 Å². The van der Waals surface area contributed by atoms with Crippen molar-refractivity contribution in [3.63, 3.8) is 0 Å². The summed E-state index contributed by atoms with van der Waals surface area (Å²) < 4.78 is 5.26. The summed E-state index contributed by atoms with van der Waals surface area (Å²) in [6.45, 7) is 5.99. The van der Waals surface area contributed by atoms with E-state index in [0.29, 0.717) is 22.3 Å². The maximum atomic E-state index is 12.0. The number of halogens is 1. The zero-order valence-corrected chi connectivity index (χ0v) is 12.7. The Morgan fingerprint density at radius 2 is 2.05 bits per heavy atom. The van der Waals surface area contributed by atoms with E-state index in [1.54, 1.807) is 31.4 Å². The van der Waals surface area contributed by atoms with Gasteiger partial charge in [-0.3, -0.25) is 4.79 Å². The Labute approximate surface area is 123 Å². The molecule has 5 heteroatoms. The number of aliphatic imine (C=N–C) groups is 1. The van der Waals surface area contributed by atoms with Crippen LogP contribution in [0.4, 0.5) is 0 Å². The summed E-state index contributed by atoms with van der Waals surface area (Å²) in [6.07, 6.45) is 1.68. The number of rotatable bonds is 2. The number of nitrogens with zero attached hydrogens (tertiary/aromatic N) is 1. The highest BCUT2D eigenvalue weighted by Gasteiger charge is 2.28. The Kier molecular flexibility index (Phi) is 3.86. The smallest absolute Gasteiger partial charge is 0.275 e. The predicted molar refractivity (Wildman–Crippen MR) is 81.0 cm³/mol. The minimum absolute atomic E-state index is 0.205. The lowest BCUT2D eigenvalue weighted by Gasteiger charge is -2.16.